The molecule has 13 heteroatoms. The predicted octanol–water partition coefficient (Wildman–Crippen LogP) is 6.33. The molecular formula is C26H25N2O9PS. The van der Waals surface area contributed by atoms with Crippen LogP contribution in [0.5, 0.6) is 40.4 Å². The Kier molecular flexibility index (Phi) is 6.66. The van der Waals surface area contributed by atoms with Gasteiger partial charge in [0.1, 0.15) is 17.2 Å². The number of fused-ring (bicyclic) bond motifs is 2. The molecule has 0 bridgehead atoms. The molecule has 0 amide bonds. The zero-order valence-corrected chi connectivity index (χ0v) is 22.8. The van der Waals surface area contributed by atoms with Crippen molar-refractivity contribution in [1.29, 1.82) is 0 Å². The average molecular weight is 573 g/mol. The van der Waals surface area contributed by atoms with Crippen molar-refractivity contribution >= 4 is 24.1 Å². The van der Waals surface area contributed by atoms with Gasteiger partial charge in [-0.05, 0) is 42.7 Å². The third kappa shape index (κ3) is 5.57. The Labute approximate surface area is 227 Å². The van der Waals surface area contributed by atoms with Crippen LogP contribution in [0.15, 0.2) is 52.9 Å². The second-order valence-corrected chi connectivity index (χ2v) is 12.1. The number of rotatable bonds is 10. The fourth-order valence-corrected chi connectivity index (χ4v) is 6.35. The maximum Gasteiger partial charge on any atom is 0.468 e. The van der Waals surface area contributed by atoms with Crippen LogP contribution < -0.4 is 38.5 Å². The summed E-state index contributed by atoms with van der Waals surface area (Å²) >= 11 is 1.43. The second-order valence-electron chi connectivity index (χ2n) is 9.14. The summed E-state index contributed by atoms with van der Waals surface area (Å²) in [4.78, 5) is 5.44. The first-order valence-electron chi connectivity index (χ1n) is 12.1. The zero-order chi connectivity index (χ0) is 27.0. The summed E-state index contributed by atoms with van der Waals surface area (Å²) in [7, 11) is -3.97. The van der Waals surface area contributed by atoms with Crippen molar-refractivity contribution in [3.05, 3.63) is 53.4 Å². The Hall–Kier alpha value is -4.02. The highest BCUT2D eigenvalue weighted by Crippen LogP contribution is 2.51. The molecule has 0 radical (unpaired) electrons. The highest BCUT2D eigenvalue weighted by Gasteiger charge is 2.32. The van der Waals surface area contributed by atoms with Crippen LogP contribution in [0.2, 0.25) is 0 Å². The van der Waals surface area contributed by atoms with Gasteiger partial charge in [0.2, 0.25) is 19.9 Å². The fourth-order valence-electron chi connectivity index (χ4n) is 4.00. The van der Waals surface area contributed by atoms with Crippen molar-refractivity contribution in [2.24, 2.45) is 5.92 Å². The smallest absolute Gasteiger partial charge is 0.454 e. The van der Waals surface area contributed by atoms with Crippen molar-refractivity contribution in [1.82, 2.24) is 4.98 Å². The third-order valence-corrected chi connectivity index (χ3v) is 7.99. The maximum atomic E-state index is 14.0. The minimum absolute atomic E-state index is 0.0948. The number of nitrogens with two attached hydrogens (primary N) is 1. The van der Waals surface area contributed by atoms with E-state index in [9.17, 15) is 4.57 Å². The van der Waals surface area contributed by atoms with Crippen molar-refractivity contribution in [2.45, 2.75) is 20.3 Å². The summed E-state index contributed by atoms with van der Waals surface area (Å²) in [5, 5.41) is 0.457. The first kappa shape index (κ1) is 25.3. The Morgan fingerprint density at radius 2 is 1.54 bits per heavy atom. The van der Waals surface area contributed by atoms with E-state index in [1.807, 2.05) is 0 Å². The molecule has 2 aliphatic rings. The van der Waals surface area contributed by atoms with E-state index in [4.69, 9.17) is 42.9 Å². The number of nitrogen functional groups attached to an aromatic ring is 1. The molecule has 0 atom stereocenters. The first-order chi connectivity index (χ1) is 18.8. The van der Waals surface area contributed by atoms with Gasteiger partial charge < -0.3 is 42.9 Å². The summed E-state index contributed by atoms with van der Waals surface area (Å²) in [5.41, 5.74) is 6.62. The van der Waals surface area contributed by atoms with Gasteiger partial charge in [-0.25, -0.2) is 9.55 Å². The van der Waals surface area contributed by atoms with Crippen LogP contribution in [0.25, 0.3) is 11.5 Å². The maximum absolute atomic E-state index is 14.0. The molecule has 0 spiro atoms. The number of furan rings is 1. The molecule has 204 valence electrons. The molecule has 0 unspecified atom stereocenters. The molecule has 2 aliphatic heterocycles. The highest BCUT2D eigenvalue weighted by atomic mass is 32.1. The van der Waals surface area contributed by atoms with E-state index in [2.05, 4.69) is 18.8 Å². The molecule has 11 nitrogen and oxygen atoms in total. The molecule has 4 aromatic rings. The highest BCUT2D eigenvalue weighted by molar-refractivity contribution is 7.54. The number of aromatic nitrogens is 1. The Balaban J connectivity index is 1.23. The van der Waals surface area contributed by atoms with Crippen molar-refractivity contribution in [2.75, 3.05) is 25.7 Å². The quantitative estimate of drug-likeness (QED) is 0.214. The lowest BCUT2D eigenvalue weighted by Crippen LogP contribution is -2.09. The number of anilines is 1. The number of thiazole rings is 1. The lowest BCUT2D eigenvalue weighted by atomic mass is 10.1. The lowest BCUT2D eigenvalue weighted by molar-refractivity contribution is 0.173. The summed E-state index contributed by atoms with van der Waals surface area (Å²) in [6, 6.07) is 13.0. The fraction of sp³-hybridized carbons (Fsp3) is 0.269. The van der Waals surface area contributed by atoms with E-state index < -0.39 is 13.9 Å². The molecule has 0 saturated carbocycles. The summed E-state index contributed by atoms with van der Waals surface area (Å²) in [6.07, 6.45) is 0.351. The van der Waals surface area contributed by atoms with Gasteiger partial charge in [-0.1, -0.05) is 13.8 Å². The molecule has 39 heavy (non-hydrogen) atoms. The van der Waals surface area contributed by atoms with Gasteiger partial charge in [-0.15, -0.1) is 11.3 Å². The molecule has 6 rings (SSSR count). The Bertz CT molecular complexity index is 1490. The van der Waals surface area contributed by atoms with Gasteiger partial charge >= 0.3 is 7.60 Å². The van der Waals surface area contributed by atoms with Crippen LogP contribution in [-0.2, 0) is 11.0 Å². The summed E-state index contributed by atoms with van der Waals surface area (Å²) < 4.78 is 58.9. The summed E-state index contributed by atoms with van der Waals surface area (Å²) in [6.45, 7) is 4.43. The molecule has 4 heterocycles. The number of ether oxygens (including phenoxy) is 5. The van der Waals surface area contributed by atoms with Crippen molar-refractivity contribution < 1.29 is 41.7 Å². The first-order valence-corrected chi connectivity index (χ1v) is 14.6. The molecule has 2 N–H and O–H groups in total. The molecule has 2 aromatic carbocycles. The minimum atomic E-state index is -3.97. The van der Waals surface area contributed by atoms with E-state index >= 15 is 0 Å². The van der Waals surface area contributed by atoms with Crippen LogP contribution in [-0.4, -0.2) is 24.9 Å². The summed E-state index contributed by atoms with van der Waals surface area (Å²) in [5.74, 6) is 3.61. The van der Waals surface area contributed by atoms with Gasteiger partial charge in [0.05, 0.1) is 0 Å². The number of benzene rings is 2. The van der Waals surface area contributed by atoms with Crippen LogP contribution in [0.4, 0.5) is 5.13 Å². The van der Waals surface area contributed by atoms with Gasteiger partial charge in [0, 0.05) is 23.1 Å². The molecule has 2 aromatic heterocycles. The zero-order valence-electron chi connectivity index (χ0n) is 21.1. The van der Waals surface area contributed by atoms with Crippen LogP contribution >= 0.6 is 18.9 Å². The second kappa shape index (κ2) is 10.3. The van der Waals surface area contributed by atoms with Crippen LogP contribution in [0.1, 0.15) is 18.7 Å². The SMILES string of the molecule is CC(C)Cc1sc(N)nc1-c1ccc(OCP(=O)(Oc2ccc3c(c2)OCO3)Oc2ccc3c(c2)OCO3)o1. The molecular weight excluding hydrogens is 547 g/mol. The van der Waals surface area contributed by atoms with E-state index in [-0.39, 0.29) is 31.0 Å². The Morgan fingerprint density at radius 3 is 2.15 bits per heavy atom. The normalized spacial score (nSPS) is 13.6. The molecule has 0 fully saturated rings. The largest absolute Gasteiger partial charge is 0.468 e. The standard InChI is InChI=1S/C26H25N2O9PS/c1-15(2)9-23-25(28-26(27)39-23)20-7-8-24(35-20)34-14-38(29,36-16-3-5-18-21(10-16)32-12-30-18)37-17-4-6-19-22(11-17)33-13-31-19/h3-8,10-11,15H,9,12-14H2,1-2H3,(H2,27,28). The molecule has 0 saturated heterocycles. The average Bonchev–Trinajstić information content (AvgIpc) is 3.69. The van der Waals surface area contributed by atoms with Crippen LogP contribution in [0, 0.1) is 5.92 Å². The Morgan fingerprint density at radius 1 is 0.923 bits per heavy atom. The van der Waals surface area contributed by atoms with Gasteiger partial charge in [0.25, 0.3) is 5.95 Å². The van der Waals surface area contributed by atoms with E-state index in [0.717, 1.165) is 11.3 Å². The lowest BCUT2D eigenvalue weighted by Gasteiger charge is -2.20. The predicted molar refractivity (Wildman–Crippen MR) is 142 cm³/mol. The van der Waals surface area contributed by atoms with Crippen molar-refractivity contribution in [3.8, 4) is 51.9 Å². The van der Waals surface area contributed by atoms with E-state index in [0.29, 0.717) is 45.5 Å². The third-order valence-electron chi connectivity index (χ3n) is 5.66. The minimum Gasteiger partial charge on any atom is -0.454 e. The van der Waals surface area contributed by atoms with Crippen LogP contribution in [0.3, 0.4) is 0 Å². The van der Waals surface area contributed by atoms with Gasteiger partial charge in [-0.3, -0.25) is 0 Å². The number of hydrogen-bond acceptors (Lipinski definition) is 12. The van der Waals surface area contributed by atoms with Gasteiger partial charge in [-0.2, -0.15) is 0 Å². The topological polar surface area (TPSA) is 134 Å². The number of hydrogen-bond donors (Lipinski definition) is 1. The van der Waals surface area contributed by atoms with E-state index in [1.54, 1.807) is 48.5 Å². The molecule has 0 aliphatic carbocycles. The number of nitrogens with zero attached hydrogens (tertiary/aromatic N) is 1. The van der Waals surface area contributed by atoms with Gasteiger partial charge in [0.15, 0.2) is 33.9 Å². The van der Waals surface area contributed by atoms with Crippen molar-refractivity contribution in [3.63, 3.8) is 0 Å². The monoisotopic (exact) mass is 572 g/mol. The van der Waals surface area contributed by atoms with E-state index in [1.165, 1.54) is 11.3 Å².